The molecule has 6 nitrogen and oxygen atoms in total. The van der Waals surface area contributed by atoms with Gasteiger partial charge in [-0.1, -0.05) is 41.9 Å². The van der Waals surface area contributed by atoms with Crippen LogP contribution in [0.5, 0.6) is 0 Å². The summed E-state index contributed by atoms with van der Waals surface area (Å²) in [5.74, 6) is -0.128. The Bertz CT molecular complexity index is 1020. The molecule has 0 aromatic heterocycles. The number of ether oxygens (including phenoxy) is 2. The summed E-state index contributed by atoms with van der Waals surface area (Å²) in [6.07, 6.45) is -4.33. The highest BCUT2D eigenvalue weighted by atomic mass is 35.5. The molecule has 2 fully saturated rings. The Morgan fingerprint density at radius 3 is 2.64 bits per heavy atom. The smallest absolute Gasteiger partial charge is 0.389 e. The minimum absolute atomic E-state index is 0.109. The molecule has 10 heteroatoms. The molecule has 2 N–H and O–H groups in total. The van der Waals surface area contributed by atoms with Gasteiger partial charge in [-0.15, -0.1) is 0 Å². The fourth-order valence-corrected chi connectivity index (χ4v) is 4.92. The molecule has 1 amide bonds. The van der Waals surface area contributed by atoms with E-state index in [0.717, 1.165) is 17.7 Å². The quantitative estimate of drug-likeness (QED) is 0.591. The number of hydrogen-bond donors (Lipinski definition) is 2. The third-order valence-corrected chi connectivity index (χ3v) is 6.80. The van der Waals surface area contributed by atoms with Gasteiger partial charge in [-0.25, -0.2) is 0 Å². The summed E-state index contributed by atoms with van der Waals surface area (Å²) in [7, 11) is 0. The van der Waals surface area contributed by atoms with Crippen molar-refractivity contribution in [2.24, 2.45) is 0 Å². The third-order valence-electron chi connectivity index (χ3n) is 6.54. The van der Waals surface area contributed by atoms with Crippen LogP contribution in [-0.4, -0.2) is 60.0 Å². The predicted molar refractivity (Wildman–Crippen MR) is 128 cm³/mol. The summed E-state index contributed by atoms with van der Waals surface area (Å²) in [6, 6.07) is 12.3. The van der Waals surface area contributed by atoms with Gasteiger partial charge in [0.2, 0.25) is 5.91 Å². The Hall–Kier alpha value is -2.17. The second-order valence-electron chi connectivity index (χ2n) is 9.37. The zero-order valence-corrected chi connectivity index (χ0v) is 20.5. The van der Waals surface area contributed by atoms with Gasteiger partial charge in [0.05, 0.1) is 43.5 Å². The van der Waals surface area contributed by atoms with E-state index < -0.39 is 17.8 Å². The summed E-state index contributed by atoms with van der Waals surface area (Å²) in [5, 5.41) is 13.9. The van der Waals surface area contributed by atoms with Gasteiger partial charge in [0.15, 0.2) is 0 Å². The molecule has 196 valence electrons. The number of alkyl halides is 3. The summed E-state index contributed by atoms with van der Waals surface area (Å²) < 4.78 is 51.4. The zero-order valence-electron chi connectivity index (χ0n) is 19.7. The van der Waals surface area contributed by atoms with Gasteiger partial charge in [0.25, 0.3) is 0 Å². The number of fused-ring (bicyclic) bond motifs is 1. The number of halogens is 4. The molecule has 2 aliphatic rings. The van der Waals surface area contributed by atoms with Crippen molar-refractivity contribution in [2.45, 2.75) is 62.9 Å². The van der Waals surface area contributed by atoms with Crippen LogP contribution < -0.4 is 5.32 Å². The van der Waals surface area contributed by atoms with E-state index >= 15 is 0 Å². The van der Waals surface area contributed by atoms with Crippen LogP contribution in [0.25, 0.3) is 0 Å². The second kappa shape index (κ2) is 11.9. The van der Waals surface area contributed by atoms with Crippen molar-refractivity contribution >= 4 is 17.5 Å². The molecule has 36 heavy (non-hydrogen) atoms. The normalized spacial score (nSPS) is 25.5. The lowest BCUT2D eigenvalue weighted by atomic mass is 9.94. The van der Waals surface area contributed by atoms with E-state index in [-0.39, 0.29) is 56.9 Å². The lowest BCUT2D eigenvalue weighted by Crippen LogP contribution is -2.55. The highest BCUT2D eigenvalue weighted by Crippen LogP contribution is 2.32. The largest absolute Gasteiger partial charge is 0.416 e. The summed E-state index contributed by atoms with van der Waals surface area (Å²) >= 11 is 5.89. The van der Waals surface area contributed by atoms with E-state index in [1.807, 2.05) is 17.0 Å². The van der Waals surface area contributed by atoms with E-state index in [9.17, 15) is 23.1 Å². The van der Waals surface area contributed by atoms with E-state index in [0.29, 0.717) is 30.0 Å². The number of aliphatic hydroxyl groups is 1. The number of carbonyl (C=O) groups excluding carboxylic acids is 1. The fourth-order valence-electron chi connectivity index (χ4n) is 4.79. The molecule has 0 spiro atoms. The van der Waals surface area contributed by atoms with Gasteiger partial charge in [-0.3, -0.25) is 9.69 Å². The molecule has 2 aromatic carbocycles. The van der Waals surface area contributed by atoms with Crippen LogP contribution >= 0.6 is 11.6 Å². The van der Waals surface area contributed by atoms with Crippen molar-refractivity contribution < 1.29 is 32.5 Å². The van der Waals surface area contributed by atoms with Crippen LogP contribution in [0.2, 0.25) is 5.02 Å². The van der Waals surface area contributed by atoms with Crippen LogP contribution in [0, 0.1) is 0 Å². The highest BCUT2D eigenvalue weighted by Gasteiger charge is 2.38. The van der Waals surface area contributed by atoms with Gasteiger partial charge < -0.3 is 19.9 Å². The van der Waals surface area contributed by atoms with Crippen molar-refractivity contribution in [3.8, 4) is 0 Å². The monoisotopic (exact) mass is 526 g/mol. The second-order valence-corrected chi connectivity index (χ2v) is 9.80. The zero-order chi connectivity index (χ0) is 25.7. The number of hydrogen-bond acceptors (Lipinski definition) is 5. The lowest BCUT2D eigenvalue weighted by Gasteiger charge is -2.44. The van der Waals surface area contributed by atoms with E-state index in [1.54, 1.807) is 18.2 Å². The van der Waals surface area contributed by atoms with Crippen molar-refractivity contribution in [2.75, 3.05) is 19.8 Å². The molecule has 0 unspecified atom stereocenters. The average Bonchev–Trinajstić information content (AvgIpc) is 2.82. The molecule has 2 aromatic rings. The Kier molecular flexibility index (Phi) is 8.90. The van der Waals surface area contributed by atoms with Crippen LogP contribution in [0.3, 0.4) is 0 Å². The fraction of sp³-hybridized carbons (Fsp3) is 0.500. The van der Waals surface area contributed by atoms with Crippen molar-refractivity contribution in [3.63, 3.8) is 0 Å². The van der Waals surface area contributed by atoms with E-state index in [2.05, 4.69) is 5.32 Å². The average molecular weight is 527 g/mol. The minimum Gasteiger partial charge on any atom is -0.389 e. The first-order chi connectivity index (χ1) is 17.2. The number of aliphatic hydroxyl groups excluding tert-OH is 1. The lowest BCUT2D eigenvalue weighted by molar-refractivity contribution is -0.158. The van der Waals surface area contributed by atoms with Crippen LogP contribution in [0.15, 0.2) is 48.5 Å². The molecule has 2 heterocycles. The SMILES string of the molecule is O=C(C[C@@H]1CC[C@@H]2[C@H](COC[C@H](O)CN2Cc2cccc(C(F)(F)F)c2)O1)NCc1ccc(Cl)cc1. The number of nitrogens with one attached hydrogen (secondary N) is 1. The first kappa shape index (κ1) is 26.9. The minimum atomic E-state index is -4.42. The Morgan fingerprint density at radius 1 is 1.11 bits per heavy atom. The predicted octanol–water partition coefficient (Wildman–Crippen LogP) is 4.17. The topological polar surface area (TPSA) is 71.0 Å². The number of β-amino-alcohol motifs (C(OH)–C–C–N with tert-alkyl or cyclic N) is 1. The van der Waals surface area contributed by atoms with Gasteiger partial charge >= 0.3 is 6.18 Å². The molecule has 0 aliphatic carbocycles. The first-order valence-electron chi connectivity index (χ1n) is 12.0. The highest BCUT2D eigenvalue weighted by molar-refractivity contribution is 6.30. The number of nitrogens with zero attached hydrogens (tertiary/aromatic N) is 1. The molecule has 2 aliphatic heterocycles. The van der Waals surface area contributed by atoms with Crippen LogP contribution in [0.4, 0.5) is 13.2 Å². The molecular formula is C26H30ClF3N2O4. The molecule has 0 saturated carbocycles. The maximum atomic E-state index is 13.2. The van der Waals surface area contributed by atoms with Crippen molar-refractivity contribution in [3.05, 3.63) is 70.2 Å². The molecule has 0 radical (unpaired) electrons. The van der Waals surface area contributed by atoms with Crippen molar-refractivity contribution in [1.82, 2.24) is 10.2 Å². The van der Waals surface area contributed by atoms with Gasteiger partial charge in [-0.2, -0.15) is 13.2 Å². The van der Waals surface area contributed by atoms with E-state index in [1.165, 1.54) is 6.07 Å². The Labute approximate surface area is 213 Å². The molecule has 4 rings (SSSR count). The summed E-state index contributed by atoms with van der Waals surface area (Å²) in [4.78, 5) is 14.5. The van der Waals surface area contributed by atoms with Crippen LogP contribution in [-0.2, 0) is 33.5 Å². The van der Waals surface area contributed by atoms with E-state index in [4.69, 9.17) is 21.1 Å². The summed E-state index contributed by atoms with van der Waals surface area (Å²) in [6.45, 7) is 1.24. The maximum absolute atomic E-state index is 13.2. The number of amides is 1. The van der Waals surface area contributed by atoms with Gasteiger partial charge in [-0.05, 0) is 42.2 Å². The molecule has 0 bridgehead atoms. The van der Waals surface area contributed by atoms with Gasteiger partial charge in [0.1, 0.15) is 0 Å². The van der Waals surface area contributed by atoms with Crippen LogP contribution in [0.1, 0.15) is 36.0 Å². The number of rotatable bonds is 6. The van der Waals surface area contributed by atoms with Gasteiger partial charge in [0, 0.05) is 30.7 Å². The van der Waals surface area contributed by atoms with Crippen molar-refractivity contribution in [1.29, 1.82) is 0 Å². The molecule has 4 atom stereocenters. The maximum Gasteiger partial charge on any atom is 0.416 e. The Morgan fingerprint density at radius 2 is 1.89 bits per heavy atom. The Balaban J connectivity index is 1.37. The third kappa shape index (κ3) is 7.43. The molecule has 2 saturated heterocycles. The summed E-state index contributed by atoms with van der Waals surface area (Å²) in [5.41, 5.74) is 0.757. The first-order valence-corrected chi connectivity index (χ1v) is 12.4. The standard InChI is InChI=1S/C26H30ClF3N2O4/c27-20-6-4-17(5-7-20)12-31-25(34)11-22-8-9-23-24(36-22)16-35-15-21(33)14-32(23)13-18-2-1-3-19(10-18)26(28,29)30/h1-7,10,21-24,33H,8-9,11-16H2,(H,31,34)/t21-,22+,23-,24+/m1/s1. The molecular weight excluding hydrogens is 497 g/mol. The number of carbonyl (C=O) groups is 1. The number of benzene rings is 2.